The molecule has 29 heavy (non-hydrogen) atoms. The minimum absolute atomic E-state index is 0.233. The Labute approximate surface area is 164 Å². The quantitative estimate of drug-likeness (QED) is 0.517. The van der Waals surface area contributed by atoms with E-state index in [1.807, 2.05) is 37.3 Å². The average Bonchev–Trinajstić information content (AvgIpc) is 3.29. The summed E-state index contributed by atoms with van der Waals surface area (Å²) in [6, 6.07) is 15.3. The lowest BCUT2D eigenvalue weighted by Gasteiger charge is -2.07. The lowest BCUT2D eigenvalue weighted by Crippen LogP contribution is -2.18. The summed E-state index contributed by atoms with van der Waals surface area (Å²) in [5.41, 5.74) is 5.03. The highest BCUT2D eigenvalue weighted by Gasteiger charge is 2.14. The van der Waals surface area contributed by atoms with Crippen molar-refractivity contribution in [2.75, 3.05) is 0 Å². The monoisotopic (exact) mass is 381 g/mol. The first-order valence-electron chi connectivity index (χ1n) is 9.02. The SMILES string of the molecule is Cc1ccccc1Cn1c(=O)[nH]c2cnc(-n3cnc4cc(C#N)ccc43)nc21. The highest BCUT2D eigenvalue weighted by atomic mass is 16.1. The molecule has 0 atom stereocenters. The van der Waals surface area contributed by atoms with E-state index in [9.17, 15) is 4.79 Å². The van der Waals surface area contributed by atoms with E-state index in [0.29, 0.717) is 34.7 Å². The van der Waals surface area contributed by atoms with E-state index in [1.54, 1.807) is 33.8 Å². The molecule has 1 N–H and O–H groups in total. The van der Waals surface area contributed by atoms with Gasteiger partial charge in [0.1, 0.15) is 11.8 Å². The zero-order valence-electron chi connectivity index (χ0n) is 15.5. The van der Waals surface area contributed by atoms with Gasteiger partial charge in [-0.15, -0.1) is 0 Å². The van der Waals surface area contributed by atoms with Crippen LogP contribution in [0.25, 0.3) is 28.1 Å². The molecule has 8 nitrogen and oxygen atoms in total. The second-order valence-corrected chi connectivity index (χ2v) is 6.78. The van der Waals surface area contributed by atoms with Crippen LogP contribution in [0.3, 0.4) is 0 Å². The molecule has 0 unspecified atom stereocenters. The van der Waals surface area contributed by atoms with E-state index in [1.165, 1.54) is 0 Å². The third-order valence-corrected chi connectivity index (χ3v) is 4.98. The molecule has 0 saturated carbocycles. The van der Waals surface area contributed by atoms with E-state index >= 15 is 0 Å². The van der Waals surface area contributed by atoms with Crippen molar-refractivity contribution in [3.05, 3.63) is 82.2 Å². The molecule has 0 aliphatic rings. The van der Waals surface area contributed by atoms with Crippen LogP contribution in [-0.4, -0.2) is 29.1 Å². The van der Waals surface area contributed by atoms with Crippen molar-refractivity contribution < 1.29 is 0 Å². The Balaban J connectivity index is 1.65. The van der Waals surface area contributed by atoms with Gasteiger partial charge in [0.05, 0.1) is 35.4 Å². The molecule has 5 rings (SSSR count). The number of imidazole rings is 2. The van der Waals surface area contributed by atoms with Gasteiger partial charge in [-0.05, 0) is 36.2 Å². The Morgan fingerprint density at radius 2 is 2.03 bits per heavy atom. The molecule has 0 aliphatic carbocycles. The summed E-state index contributed by atoms with van der Waals surface area (Å²) in [6.45, 7) is 2.43. The maximum Gasteiger partial charge on any atom is 0.328 e. The average molecular weight is 381 g/mol. The van der Waals surface area contributed by atoms with Crippen LogP contribution in [0.4, 0.5) is 0 Å². The standard InChI is InChI=1S/C21H15N7O/c1-13-4-2-3-5-15(13)11-27-19-17(25-21(27)29)10-23-20(26-19)28-12-24-16-8-14(9-22)6-7-18(16)28/h2-8,10,12H,11H2,1H3,(H,25,29). The fraction of sp³-hybridized carbons (Fsp3) is 0.0952. The predicted molar refractivity (Wildman–Crippen MR) is 108 cm³/mol. The number of benzene rings is 2. The Morgan fingerprint density at radius 1 is 1.17 bits per heavy atom. The Kier molecular flexibility index (Phi) is 3.74. The maximum absolute atomic E-state index is 12.5. The van der Waals surface area contributed by atoms with Crippen molar-refractivity contribution in [2.45, 2.75) is 13.5 Å². The number of aryl methyl sites for hydroxylation is 1. The van der Waals surface area contributed by atoms with Crippen molar-refractivity contribution in [3.8, 4) is 12.0 Å². The van der Waals surface area contributed by atoms with Gasteiger partial charge in [-0.3, -0.25) is 9.13 Å². The number of aromatic amines is 1. The Hall–Kier alpha value is -4.25. The van der Waals surface area contributed by atoms with Crippen molar-refractivity contribution in [1.29, 1.82) is 5.26 Å². The Morgan fingerprint density at radius 3 is 2.86 bits per heavy atom. The van der Waals surface area contributed by atoms with Crippen molar-refractivity contribution >= 4 is 22.2 Å². The fourth-order valence-corrected chi connectivity index (χ4v) is 3.40. The lowest BCUT2D eigenvalue weighted by atomic mass is 10.1. The summed E-state index contributed by atoms with van der Waals surface area (Å²) in [6.07, 6.45) is 3.21. The van der Waals surface area contributed by atoms with E-state index in [0.717, 1.165) is 16.6 Å². The van der Waals surface area contributed by atoms with Crippen LogP contribution in [-0.2, 0) is 6.54 Å². The molecule has 0 bridgehead atoms. The number of rotatable bonds is 3. The van der Waals surface area contributed by atoms with Gasteiger partial charge in [-0.2, -0.15) is 10.2 Å². The lowest BCUT2D eigenvalue weighted by molar-refractivity contribution is 0.770. The van der Waals surface area contributed by atoms with Crippen LogP contribution in [0.5, 0.6) is 0 Å². The zero-order valence-corrected chi connectivity index (χ0v) is 15.5. The molecule has 8 heteroatoms. The van der Waals surface area contributed by atoms with Crippen LogP contribution in [0.2, 0.25) is 0 Å². The molecular formula is C21H15N7O. The molecule has 0 aliphatic heterocycles. The van der Waals surface area contributed by atoms with E-state index in [-0.39, 0.29) is 5.69 Å². The number of nitrogens with one attached hydrogen (secondary N) is 1. The number of hydrogen-bond acceptors (Lipinski definition) is 5. The normalized spacial score (nSPS) is 11.2. The highest BCUT2D eigenvalue weighted by Crippen LogP contribution is 2.19. The van der Waals surface area contributed by atoms with Crippen molar-refractivity contribution in [3.63, 3.8) is 0 Å². The topological polar surface area (TPSA) is 105 Å². The van der Waals surface area contributed by atoms with Gasteiger partial charge < -0.3 is 4.98 Å². The van der Waals surface area contributed by atoms with Gasteiger partial charge in [0.2, 0.25) is 5.95 Å². The summed E-state index contributed by atoms with van der Waals surface area (Å²) in [7, 11) is 0. The predicted octanol–water partition coefficient (Wildman–Crippen LogP) is 2.69. The molecule has 5 aromatic rings. The van der Waals surface area contributed by atoms with Gasteiger partial charge in [-0.25, -0.2) is 14.8 Å². The molecule has 3 heterocycles. The third kappa shape index (κ3) is 2.76. The van der Waals surface area contributed by atoms with Gasteiger partial charge in [0.25, 0.3) is 0 Å². The summed E-state index contributed by atoms with van der Waals surface area (Å²) >= 11 is 0. The second-order valence-electron chi connectivity index (χ2n) is 6.78. The second kappa shape index (κ2) is 6.42. The summed E-state index contributed by atoms with van der Waals surface area (Å²) < 4.78 is 3.35. The molecule has 3 aromatic heterocycles. The minimum Gasteiger partial charge on any atom is -0.303 e. The molecule has 140 valence electrons. The molecule has 2 aromatic carbocycles. The molecule has 0 amide bonds. The highest BCUT2D eigenvalue weighted by molar-refractivity contribution is 5.79. The smallest absolute Gasteiger partial charge is 0.303 e. The zero-order chi connectivity index (χ0) is 20.0. The molecule has 0 radical (unpaired) electrons. The van der Waals surface area contributed by atoms with Crippen LogP contribution in [0, 0.1) is 18.3 Å². The van der Waals surface area contributed by atoms with E-state index in [4.69, 9.17) is 5.26 Å². The first kappa shape index (κ1) is 16.9. The van der Waals surface area contributed by atoms with Crippen LogP contribution in [0.15, 0.2) is 59.8 Å². The van der Waals surface area contributed by atoms with Crippen molar-refractivity contribution in [2.24, 2.45) is 0 Å². The van der Waals surface area contributed by atoms with E-state index in [2.05, 4.69) is 26.0 Å². The number of fused-ring (bicyclic) bond motifs is 2. The first-order valence-corrected chi connectivity index (χ1v) is 9.02. The number of hydrogen-bond donors (Lipinski definition) is 1. The van der Waals surface area contributed by atoms with Crippen LogP contribution >= 0.6 is 0 Å². The largest absolute Gasteiger partial charge is 0.328 e. The minimum atomic E-state index is -0.233. The number of nitriles is 1. The summed E-state index contributed by atoms with van der Waals surface area (Å²) in [4.78, 5) is 28.7. The molecule has 0 fully saturated rings. The molecular weight excluding hydrogens is 366 g/mol. The summed E-state index contributed by atoms with van der Waals surface area (Å²) in [5.74, 6) is 0.405. The van der Waals surface area contributed by atoms with Gasteiger partial charge in [0, 0.05) is 0 Å². The number of aromatic nitrogens is 6. The maximum atomic E-state index is 12.5. The van der Waals surface area contributed by atoms with Crippen molar-refractivity contribution in [1.82, 2.24) is 29.1 Å². The van der Waals surface area contributed by atoms with E-state index < -0.39 is 0 Å². The summed E-state index contributed by atoms with van der Waals surface area (Å²) in [5, 5.41) is 9.07. The fourth-order valence-electron chi connectivity index (χ4n) is 3.40. The molecule has 0 spiro atoms. The number of nitrogens with zero attached hydrogens (tertiary/aromatic N) is 6. The van der Waals surface area contributed by atoms with Crippen LogP contribution < -0.4 is 5.69 Å². The van der Waals surface area contributed by atoms with Gasteiger partial charge >= 0.3 is 5.69 Å². The third-order valence-electron chi connectivity index (χ3n) is 4.98. The molecule has 0 saturated heterocycles. The Bertz CT molecular complexity index is 1480. The number of H-pyrrole nitrogens is 1. The first-order chi connectivity index (χ1) is 14.1. The van der Waals surface area contributed by atoms with Gasteiger partial charge in [-0.1, -0.05) is 24.3 Å². The van der Waals surface area contributed by atoms with Gasteiger partial charge in [0.15, 0.2) is 5.65 Å². The van der Waals surface area contributed by atoms with Crippen LogP contribution in [0.1, 0.15) is 16.7 Å².